The Morgan fingerprint density at radius 1 is 1.42 bits per heavy atom. The van der Waals surface area contributed by atoms with Gasteiger partial charge in [0.1, 0.15) is 4.88 Å². The number of rotatable bonds is 4. The van der Waals surface area contributed by atoms with Crippen LogP contribution in [0.25, 0.3) is 0 Å². The molecule has 0 spiro atoms. The number of amides is 2. The molecule has 3 rings (SSSR count). The van der Waals surface area contributed by atoms with E-state index in [0.29, 0.717) is 46.6 Å². The second kappa shape index (κ2) is 7.43. The maximum absolute atomic E-state index is 12.4. The van der Waals surface area contributed by atoms with Gasteiger partial charge in [0.05, 0.1) is 5.69 Å². The van der Waals surface area contributed by atoms with Gasteiger partial charge >= 0.3 is 0 Å². The summed E-state index contributed by atoms with van der Waals surface area (Å²) >= 11 is 4.32. The fraction of sp³-hybridized carbons (Fsp3) is 0.467. The lowest BCUT2D eigenvalue weighted by Crippen LogP contribution is -2.41. The standard InChI is InChI=1S/C15H17BrN4O3S/c1-9-13(24-19-18-9)15(22)20-6-4-10(5-7-20)8-17-14(21)11-2-3-12(16)23-11/h2-3,10H,4-8H2,1H3,(H,17,21). The maximum Gasteiger partial charge on any atom is 0.287 e. The van der Waals surface area contributed by atoms with E-state index in [9.17, 15) is 9.59 Å². The molecule has 0 unspecified atom stereocenters. The van der Waals surface area contributed by atoms with Gasteiger partial charge in [-0.1, -0.05) is 4.49 Å². The van der Waals surface area contributed by atoms with E-state index < -0.39 is 0 Å². The van der Waals surface area contributed by atoms with Crippen LogP contribution in [-0.2, 0) is 0 Å². The Morgan fingerprint density at radius 3 is 2.75 bits per heavy atom. The van der Waals surface area contributed by atoms with Crippen molar-refractivity contribution in [3.63, 3.8) is 0 Å². The van der Waals surface area contributed by atoms with Crippen LogP contribution in [0, 0.1) is 12.8 Å². The fourth-order valence-electron chi connectivity index (χ4n) is 2.67. The van der Waals surface area contributed by atoms with Crippen LogP contribution in [0.3, 0.4) is 0 Å². The van der Waals surface area contributed by atoms with Crippen LogP contribution in [0.5, 0.6) is 0 Å². The van der Waals surface area contributed by atoms with Crippen molar-refractivity contribution < 1.29 is 14.0 Å². The third-order valence-electron chi connectivity index (χ3n) is 4.10. The van der Waals surface area contributed by atoms with Crippen LogP contribution in [0.2, 0.25) is 0 Å². The number of halogens is 1. The molecule has 24 heavy (non-hydrogen) atoms. The van der Waals surface area contributed by atoms with Gasteiger partial charge in [-0.3, -0.25) is 9.59 Å². The minimum absolute atomic E-state index is 0.00502. The first-order valence-corrected chi connectivity index (χ1v) is 9.23. The van der Waals surface area contributed by atoms with Gasteiger partial charge in [0.2, 0.25) is 0 Å². The van der Waals surface area contributed by atoms with E-state index in [1.807, 2.05) is 4.90 Å². The zero-order valence-electron chi connectivity index (χ0n) is 13.1. The van der Waals surface area contributed by atoms with E-state index in [1.54, 1.807) is 19.1 Å². The Bertz CT molecular complexity index is 737. The van der Waals surface area contributed by atoms with E-state index in [4.69, 9.17) is 4.42 Å². The lowest BCUT2D eigenvalue weighted by atomic mass is 9.96. The molecule has 2 aromatic rings. The lowest BCUT2D eigenvalue weighted by Gasteiger charge is -2.31. The molecule has 1 aliphatic heterocycles. The Hall–Kier alpha value is -1.74. The number of nitrogens with one attached hydrogen (secondary N) is 1. The Morgan fingerprint density at radius 2 is 2.17 bits per heavy atom. The highest BCUT2D eigenvalue weighted by Crippen LogP contribution is 2.21. The van der Waals surface area contributed by atoms with Crippen LogP contribution in [0.1, 0.15) is 38.8 Å². The number of aromatic nitrogens is 2. The highest BCUT2D eigenvalue weighted by molar-refractivity contribution is 9.10. The second-order valence-corrected chi connectivity index (χ2v) is 7.27. The van der Waals surface area contributed by atoms with Gasteiger partial charge in [0.25, 0.3) is 11.8 Å². The Kier molecular flexibility index (Phi) is 5.30. The summed E-state index contributed by atoms with van der Waals surface area (Å²) in [6, 6.07) is 3.32. The first-order chi connectivity index (χ1) is 11.5. The van der Waals surface area contributed by atoms with Crippen LogP contribution in [0.15, 0.2) is 21.2 Å². The van der Waals surface area contributed by atoms with Crippen molar-refractivity contribution in [3.8, 4) is 0 Å². The van der Waals surface area contributed by atoms with Crippen LogP contribution in [-0.4, -0.2) is 45.9 Å². The predicted octanol–water partition coefficient (Wildman–Crippen LogP) is 2.48. The Labute approximate surface area is 151 Å². The number of likely N-dealkylation sites (tertiary alicyclic amines) is 1. The molecule has 1 aliphatic rings. The first-order valence-electron chi connectivity index (χ1n) is 7.66. The molecular weight excluding hydrogens is 396 g/mol. The average molecular weight is 413 g/mol. The van der Waals surface area contributed by atoms with Gasteiger partial charge in [0.15, 0.2) is 10.4 Å². The molecule has 2 amide bonds. The topological polar surface area (TPSA) is 88.3 Å². The average Bonchev–Trinajstić information content (AvgIpc) is 3.21. The summed E-state index contributed by atoms with van der Waals surface area (Å²) < 4.78 is 9.58. The molecule has 1 fully saturated rings. The molecular formula is C15H17BrN4O3S. The molecule has 128 valence electrons. The predicted molar refractivity (Wildman–Crippen MR) is 92.0 cm³/mol. The van der Waals surface area contributed by atoms with E-state index in [1.165, 1.54) is 0 Å². The number of carbonyl (C=O) groups excluding carboxylic acids is 2. The third kappa shape index (κ3) is 3.84. The number of piperidine rings is 1. The van der Waals surface area contributed by atoms with Gasteiger partial charge in [-0.05, 0) is 65.3 Å². The van der Waals surface area contributed by atoms with Crippen LogP contribution >= 0.6 is 27.5 Å². The summed E-state index contributed by atoms with van der Waals surface area (Å²) in [6.45, 7) is 3.75. The van der Waals surface area contributed by atoms with Gasteiger partial charge in [-0.15, -0.1) is 5.10 Å². The number of hydrogen-bond acceptors (Lipinski definition) is 6. The molecule has 0 saturated carbocycles. The van der Waals surface area contributed by atoms with Crippen molar-refractivity contribution in [3.05, 3.63) is 33.1 Å². The summed E-state index contributed by atoms with van der Waals surface area (Å²) in [6.07, 6.45) is 1.72. The summed E-state index contributed by atoms with van der Waals surface area (Å²) in [5.74, 6) is 0.440. The minimum atomic E-state index is -0.217. The van der Waals surface area contributed by atoms with Crippen LogP contribution in [0.4, 0.5) is 0 Å². The quantitative estimate of drug-likeness (QED) is 0.832. The highest BCUT2D eigenvalue weighted by atomic mass is 79.9. The smallest absolute Gasteiger partial charge is 0.287 e. The zero-order valence-corrected chi connectivity index (χ0v) is 15.5. The molecule has 9 heteroatoms. The molecule has 0 bridgehead atoms. The highest BCUT2D eigenvalue weighted by Gasteiger charge is 2.26. The van der Waals surface area contributed by atoms with Gasteiger partial charge in [-0.25, -0.2) is 0 Å². The van der Waals surface area contributed by atoms with Gasteiger partial charge < -0.3 is 14.6 Å². The number of nitrogens with zero attached hydrogens (tertiary/aromatic N) is 3. The summed E-state index contributed by atoms with van der Waals surface area (Å²) in [5, 5.41) is 6.78. The molecule has 3 heterocycles. The van der Waals surface area contributed by atoms with Crippen molar-refractivity contribution in [2.45, 2.75) is 19.8 Å². The van der Waals surface area contributed by atoms with E-state index in [0.717, 1.165) is 24.4 Å². The lowest BCUT2D eigenvalue weighted by molar-refractivity contribution is 0.0687. The third-order valence-corrected chi connectivity index (χ3v) is 5.34. The van der Waals surface area contributed by atoms with Crippen LogP contribution < -0.4 is 5.32 Å². The molecule has 0 radical (unpaired) electrons. The molecule has 1 saturated heterocycles. The number of furan rings is 1. The fourth-order valence-corrected chi connectivity index (χ4v) is 3.60. The second-order valence-electron chi connectivity index (χ2n) is 5.74. The van der Waals surface area contributed by atoms with Gasteiger partial charge in [-0.2, -0.15) is 0 Å². The molecule has 2 aromatic heterocycles. The zero-order chi connectivity index (χ0) is 17.1. The van der Waals surface area contributed by atoms with Crippen molar-refractivity contribution in [2.24, 2.45) is 5.92 Å². The molecule has 7 nitrogen and oxygen atoms in total. The molecule has 1 N–H and O–H groups in total. The van der Waals surface area contributed by atoms with Crippen molar-refractivity contribution in [1.82, 2.24) is 19.8 Å². The van der Waals surface area contributed by atoms with E-state index in [2.05, 4.69) is 30.8 Å². The SMILES string of the molecule is Cc1nnsc1C(=O)N1CCC(CNC(=O)c2ccc(Br)o2)CC1. The molecule has 0 aromatic carbocycles. The monoisotopic (exact) mass is 412 g/mol. The minimum Gasteiger partial charge on any atom is -0.444 e. The number of aryl methyl sites for hydroxylation is 1. The normalized spacial score (nSPS) is 15.5. The summed E-state index contributed by atoms with van der Waals surface area (Å²) in [5.41, 5.74) is 0.684. The van der Waals surface area contributed by atoms with E-state index in [-0.39, 0.29) is 11.8 Å². The largest absolute Gasteiger partial charge is 0.444 e. The number of hydrogen-bond donors (Lipinski definition) is 1. The van der Waals surface area contributed by atoms with Crippen molar-refractivity contribution in [2.75, 3.05) is 19.6 Å². The van der Waals surface area contributed by atoms with Crippen molar-refractivity contribution >= 4 is 39.3 Å². The summed E-state index contributed by atoms with van der Waals surface area (Å²) in [4.78, 5) is 26.8. The van der Waals surface area contributed by atoms with Gasteiger partial charge in [0, 0.05) is 19.6 Å². The molecule has 0 atom stereocenters. The maximum atomic E-state index is 12.4. The Balaban J connectivity index is 1.46. The summed E-state index contributed by atoms with van der Waals surface area (Å²) in [7, 11) is 0. The molecule has 0 aliphatic carbocycles. The van der Waals surface area contributed by atoms with Crippen molar-refractivity contribution in [1.29, 1.82) is 0 Å². The van der Waals surface area contributed by atoms with E-state index >= 15 is 0 Å². The first kappa shape index (κ1) is 17.1. The number of carbonyl (C=O) groups is 2.